The molecule has 2 aromatic rings. The van der Waals surface area contributed by atoms with Gasteiger partial charge in [0.05, 0.1) is 23.4 Å². The third kappa shape index (κ3) is 7.03. The summed E-state index contributed by atoms with van der Waals surface area (Å²) < 4.78 is 11.0. The van der Waals surface area contributed by atoms with E-state index in [4.69, 9.17) is 27.5 Å². The summed E-state index contributed by atoms with van der Waals surface area (Å²) in [5.74, 6) is 2.39. The SMILES string of the molecule is C#CCOc1ccc(C=NNC(=O)C(NC(=O)c2ccccc2Cl)C(C)C)cc1OCC. The quantitative estimate of drug-likeness (QED) is 0.325. The molecule has 2 rings (SSSR count). The van der Waals surface area contributed by atoms with Crippen LogP contribution in [0.15, 0.2) is 47.6 Å². The number of benzene rings is 2. The Morgan fingerprint density at radius 1 is 1.19 bits per heavy atom. The van der Waals surface area contributed by atoms with Crippen LogP contribution in [0, 0.1) is 18.3 Å². The van der Waals surface area contributed by atoms with Crippen LogP contribution < -0.4 is 20.2 Å². The van der Waals surface area contributed by atoms with Gasteiger partial charge >= 0.3 is 0 Å². The third-order valence-electron chi connectivity index (χ3n) is 4.32. The van der Waals surface area contributed by atoms with Gasteiger partial charge in [-0.3, -0.25) is 9.59 Å². The number of halogens is 1. The number of hydrogen-bond acceptors (Lipinski definition) is 5. The van der Waals surface area contributed by atoms with Crippen LogP contribution in [0.1, 0.15) is 36.7 Å². The van der Waals surface area contributed by atoms with E-state index in [1.165, 1.54) is 6.21 Å². The van der Waals surface area contributed by atoms with Gasteiger partial charge in [-0.05, 0) is 48.7 Å². The van der Waals surface area contributed by atoms with Crippen LogP contribution in [0.2, 0.25) is 5.02 Å². The van der Waals surface area contributed by atoms with E-state index in [1.54, 1.807) is 42.5 Å². The average molecular weight is 456 g/mol. The van der Waals surface area contributed by atoms with Crippen molar-refractivity contribution in [2.24, 2.45) is 11.0 Å². The second kappa shape index (κ2) is 12.4. The molecule has 0 aliphatic carbocycles. The fourth-order valence-corrected chi connectivity index (χ4v) is 2.97. The van der Waals surface area contributed by atoms with E-state index in [-0.39, 0.29) is 12.5 Å². The fourth-order valence-electron chi connectivity index (χ4n) is 2.75. The largest absolute Gasteiger partial charge is 0.490 e. The molecule has 2 aromatic carbocycles. The molecule has 8 heteroatoms. The molecule has 1 unspecified atom stereocenters. The van der Waals surface area contributed by atoms with Gasteiger partial charge in [0, 0.05) is 0 Å². The molecule has 0 aliphatic rings. The predicted molar refractivity (Wildman–Crippen MR) is 125 cm³/mol. The van der Waals surface area contributed by atoms with Gasteiger partial charge in [-0.15, -0.1) is 6.42 Å². The Hall–Kier alpha value is -3.50. The Morgan fingerprint density at radius 3 is 2.59 bits per heavy atom. The molecule has 0 fully saturated rings. The maximum Gasteiger partial charge on any atom is 0.262 e. The summed E-state index contributed by atoms with van der Waals surface area (Å²) in [5.41, 5.74) is 3.45. The number of carbonyl (C=O) groups excluding carboxylic acids is 2. The van der Waals surface area contributed by atoms with E-state index in [2.05, 4.69) is 21.8 Å². The molecule has 0 aliphatic heterocycles. The molecular weight excluding hydrogens is 430 g/mol. The van der Waals surface area contributed by atoms with E-state index in [9.17, 15) is 9.59 Å². The van der Waals surface area contributed by atoms with Crippen molar-refractivity contribution < 1.29 is 19.1 Å². The van der Waals surface area contributed by atoms with Crippen LogP contribution in [0.5, 0.6) is 11.5 Å². The molecule has 0 radical (unpaired) electrons. The summed E-state index contributed by atoms with van der Waals surface area (Å²) in [6, 6.07) is 11.0. The van der Waals surface area contributed by atoms with Gasteiger partial charge in [0.1, 0.15) is 12.6 Å². The highest BCUT2D eigenvalue weighted by atomic mass is 35.5. The first kappa shape index (κ1) is 24.8. The highest BCUT2D eigenvalue weighted by Gasteiger charge is 2.25. The zero-order chi connectivity index (χ0) is 23.5. The molecule has 0 heterocycles. The highest BCUT2D eigenvalue weighted by molar-refractivity contribution is 6.33. The number of carbonyl (C=O) groups is 2. The van der Waals surface area contributed by atoms with Gasteiger partial charge in [-0.1, -0.05) is 43.5 Å². The second-order valence-corrected chi connectivity index (χ2v) is 7.45. The molecule has 0 bridgehead atoms. The maximum absolute atomic E-state index is 12.6. The summed E-state index contributed by atoms with van der Waals surface area (Å²) in [6.45, 7) is 6.08. The van der Waals surface area contributed by atoms with E-state index in [0.717, 1.165) is 0 Å². The molecule has 7 nitrogen and oxygen atoms in total. The Kier molecular flexibility index (Phi) is 9.58. The number of terminal acetylenes is 1. The lowest BCUT2D eigenvalue weighted by Crippen LogP contribution is -2.48. The summed E-state index contributed by atoms with van der Waals surface area (Å²) >= 11 is 6.07. The number of hydrazone groups is 1. The van der Waals surface area contributed by atoms with Crippen molar-refractivity contribution >= 4 is 29.6 Å². The minimum atomic E-state index is -0.797. The van der Waals surface area contributed by atoms with E-state index in [0.29, 0.717) is 34.3 Å². The van der Waals surface area contributed by atoms with Crippen LogP contribution in [0.3, 0.4) is 0 Å². The van der Waals surface area contributed by atoms with E-state index in [1.807, 2.05) is 20.8 Å². The Bertz CT molecular complexity index is 1010. The predicted octanol–water partition coefficient (Wildman–Crippen LogP) is 3.66. The van der Waals surface area contributed by atoms with Crippen LogP contribution >= 0.6 is 11.6 Å². The van der Waals surface area contributed by atoms with Gasteiger partial charge in [0.2, 0.25) is 0 Å². The lowest BCUT2D eigenvalue weighted by Gasteiger charge is -2.20. The molecule has 2 amide bonds. The first-order valence-electron chi connectivity index (χ1n) is 10.1. The number of ether oxygens (including phenoxy) is 2. The van der Waals surface area contributed by atoms with Crippen LogP contribution in [0.4, 0.5) is 0 Å². The number of rotatable bonds is 10. The molecule has 168 valence electrons. The molecule has 0 spiro atoms. The zero-order valence-corrected chi connectivity index (χ0v) is 19.0. The maximum atomic E-state index is 12.6. The molecule has 0 saturated heterocycles. The topological polar surface area (TPSA) is 89.0 Å². The summed E-state index contributed by atoms with van der Waals surface area (Å²) in [6.07, 6.45) is 6.70. The van der Waals surface area contributed by atoms with Gasteiger partial charge < -0.3 is 14.8 Å². The van der Waals surface area contributed by atoms with Crippen LogP contribution in [0.25, 0.3) is 0 Å². The van der Waals surface area contributed by atoms with Crippen molar-refractivity contribution in [3.8, 4) is 23.8 Å². The summed E-state index contributed by atoms with van der Waals surface area (Å²) in [5, 5.41) is 7.03. The van der Waals surface area contributed by atoms with Gasteiger partial charge in [-0.25, -0.2) is 5.43 Å². The smallest absolute Gasteiger partial charge is 0.262 e. The minimum absolute atomic E-state index is 0.125. The molecule has 0 saturated carbocycles. The number of nitrogens with one attached hydrogen (secondary N) is 2. The van der Waals surface area contributed by atoms with Crippen molar-refractivity contribution in [1.82, 2.24) is 10.7 Å². The van der Waals surface area contributed by atoms with Gasteiger partial charge in [-0.2, -0.15) is 5.10 Å². The Morgan fingerprint density at radius 2 is 1.94 bits per heavy atom. The monoisotopic (exact) mass is 455 g/mol. The lowest BCUT2D eigenvalue weighted by molar-refractivity contribution is -0.123. The molecule has 1 atom stereocenters. The minimum Gasteiger partial charge on any atom is -0.490 e. The van der Waals surface area contributed by atoms with Crippen LogP contribution in [-0.4, -0.2) is 37.3 Å². The standard InChI is InChI=1S/C24H26ClN3O4/c1-5-13-32-20-12-11-17(14-21(20)31-6-2)15-26-28-24(30)22(16(3)4)27-23(29)18-9-7-8-10-19(18)25/h1,7-12,14-16,22H,6,13H2,2-4H3,(H,27,29)(H,28,30). The van der Waals surface area contributed by atoms with Crippen LogP contribution in [-0.2, 0) is 4.79 Å². The van der Waals surface area contributed by atoms with Gasteiger partial charge in [0.25, 0.3) is 11.8 Å². The number of amides is 2. The lowest BCUT2D eigenvalue weighted by atomic mass is 10.0. The van der Waals surface area contributed by atoms with Gasteiger partial charge in [0.15, 0.2) is 11.5 Å². The molecule has 2 N–H and O–H groups in total. The zero-order valence-electron chi connectivity index (χ0n) is 18.2. The molecule has 32 heavy (non-hydrogen) atoms. The fraction of sp³-hybridized carbons (Fsp3) is 0.292. The molecule has 0 aromatic heterocycles. The first-order valence-corrected chi connectivity index (χ1v) is 10.5. The average Bonchev–Trinajstić information content (AvgIpc) is 2.77. The van der Waals surface area contributed by atoms with Crippen molar-refractivity contribution in [3.05, 3.63) is 58.6 Å². The number of nitrogens with zero attached hydrogens (tertiary/aromatic N) is 1. The number of hydrogen-bond donors (Lipinski definition) is 2. The van der Waals surface area contributed by atoms with E-state index < -0.39 is 17.9 Å². The first-order chi connectivity index (χ1) is 15.4. The highest BCUT2D eigenvalue weighted by Crippen LogP contribution is 2.28. The third-order valence-corrected chi connectivity index (χ3v) is 4.65. The van der Waals surface area contributed by atoms with E-state index >= 15 is 0 Å². The normalized spacial score (nSPS) is 11.6. The summed E-state index contributed by atoms with van der Waals surface area (Å²) in [7, 11) is 0. The Labute approximate surface area is 193 Å². The van der Waals surface area contributed by atoms with Crippen molar-refractivity contribution in [2.45, 2.75) is 26.8 Å². The summed E-state index contributed by atoms with van der Waals surface area (Å²) in [4.78, 5) is 25.2. The van der Waals surface area contributed by atoms with Crippen molar-refractivity contribution in [3.63, 3.8) is 0 Å². The second-order valence-electron chi connectivity index (χ2n) is 7.04. The molecular formula is C24H26ClN3O4. The Balaban J connectivity index is 2.06. The van der Waals surface area contributed by atoms with Crippen molar-refractivity contribution in [1.29, 1.82) is 0 Å². The van der Waals surface area contributed by atoms with Crippen molar-refractivity contribution in [2.75, 3.05) is 13.2 Å².